The highest BCUT2D eigenvalue weighted by Crippen LogP contribution is 2.16. The Hall–Kier alpha value is -1.71. The number of hydrogen-bond acceptors (Lipinski definition) is 2. The Morgan fingerprint density at radius 2 is 1.81 bits per heavy atom. The molecule has 21 heavy (non-hydrogen) atoms. The highest BCUT2D eigenvalue weighted by Gasteiger charge is 2.08. The van der Waals surface area contributed by atoms with Crippen molar-refractivity contribution in [3.05, 3.63) is 71.0 Å². The topological polar surface area (TPSA) is 29.5 Å². The zero-order chi connectivity index (χ0) is 15.1. The van der Waals surface area contributed by atoms with Gasteiger partial charge in [-0.05, 0) is 23.6 Å². The molecule has 1 atom stereocenters. The third-order valence-corrected chi connectivity index (χ3v) is 3.39. The molecule has 0 amide bonds. The van der Waals surface area contributed by atoms with Gasteiger partial charge in [-0.3, -0.25) is 0 Å². The average molecular weight is 288 g/mol. The van der Waals surface area contributed by atoms with Gasteiger partial charge in [0.05, 0.1) is 13.2 Å². The summed E-state index contributed by atoms with van der Waals surface area (Å²) in [7, 11) is 0. The number of rotatable bonds is 7. The third kappa shape index (κ3) is 4.66. The summed E-state index contributed by atoms with van der Waals surface area (Å²) in [4.78, 5) is 0. The predicted octanol–water partition coefficient (Wildman–Crippen LogP) is 4.03. The van der Waals surface area contributed by atoms with E-state index in [-0.39, 0.29) is 19.0 Å². The first-order valence-corrected chi connectivity index (χ1v) is 7.28. The van der Waals surface area contributed by atoms with Gasteiger partial charge in [0.2, 0.25) is 0 Å². The summed E-state index contributed by atoms with van der Waals surface area (Å²) in [6.45, 7) is 2.46. The van der Waals surface area contributed by atoms with Crippen LogP contribution in [0.15, 0.2) is 48.5 Å². The summed E-state index contributed by atoms with van der Waals surface area (Å²) in [5, 5.41) is 10.1. The lowest BCUT2D eigenvalue weighted by atomic mass is 10.0. The molecule has 0 aliphatic rings. The van der Waals surface area contributed by atoms with Crippen LogP contribution in [0.2, 0.25) is 0 Å². The molecular formula is C18H21FO2. The van der Waals surface area contributed by atoms with Crippen LogP contribution in [-0.4, -0.2) is 11.7 Å². The second-order valence-corrected chi connectivity index (χ2v) is 5.11. The molecule has 0 spiro atoms. The van der Waals surface area contributed by atoms with Gasteiger partial charge in [0.1, 0.15) is 11.9 Å². The summed E-state index contributed by atoms with van der Waals surface area (Å²) in [5.41, 5.74) is 2.59. The lowest BCUT2D eigenvalue weighted by Gasteiger charge is -2.12. The molecule has 3 heteroatoms. The molecule has 0 aromatic heterocycles. The van der Waals surface area contributed by atoms with E-state index < -0.39 is 6.10 Å². The molecule has 0 aliphatic carbocycles. The van der Waals surface area contributed by atoms with Crippen molar-refractivity contribution in [3.8, 4) is 0 Å². The highest BCUT2D eigenvalue weighted by atomic mass is 19.1. The third-order valence-electron chi connectivity index (χ3n) is 3.39. The van der Waals surface area contributed by atoms with Crippen LogP contribution in [0, 0.1) is 5.82 Å². The minimum absolute atomic E-state index is 0.154. The lowest BCUT2D eigenvalue weighted by molar-refractivity contribution is 0.0267. The Morgan fingerprint density at radius 3 is 2.48 bits per heavy atom. The molecule has 0 heterocycles. The molecule has 2 rings (SSSR count). The summed E-state index contributed by atoms with van der Waals surface area (Å²) >= 11 is 0. The molecule has 0 fully saturated rings. The van der Waals surface area contributed by atoms with Crippen LogP contribution < -0.4 is 0 Å². The van der Waals surface area contributed by atoms with Gasteiger partial charge < -0.3 is 9.84 Å². The van der Waals surface area contributed by atoms with Gasteiger partial charge in [0.25, 0.3) is 0 Å². The second kappa shape index (κ2) is 7.91. The smallest absolute Gasteiger partial charge is 0.128 e. The number of aryl methyl sites for hydroxylation is 1. The van der Waals surface area contributed by atoms with Crippen molar-refractivity contribution < 1.29 is 14.2 Å². The Kier molecular flexibility index (Phi) is 5.90. The molecule has 0 bridgehead atoms. The van der Waals surface area contributed by atoms with Gasteiger partial charge in [-0.15, -0.1) is 0 Å². The molecule has 2 nitrogen and oxygen atoms in total. The van der Waals surface area contributed by atoms with E-state index in [1.807, 2.05) is 24.3 Å². The van der Waals surface area contributed by atoms with Crippen molar-refractivity contribution in [1.29, 1.82) is 0 Å². The number of benzene rings is 2. The molecule has 0 saturated carbocycles. The van der Waals surface area contributed by atoms with Crippen LogP contribution in [0.3, 0.4) is 0 Å². The molecular weight excluding hydrogens is 267 g/mol. The van der Waals surface area contributed by atoms with E-state index in [0.717, 1.165) is 18.4 Å². The molecule has 2 aromatic carbocycles. The normalized spacial score (nSPS) is 12.3. The van der Waals surface area contributed by atoms with Crippen LogP contribution in [0.25, 0.3) is 0 Å². The van der Waals surface area contributed by atoms with Gasteiger partial charge in [-0.1, -0.05) is 55.8 Å². The van der Waals surface area contributed by atoms with Crippen molar-refractivity contribution in [3.63, 3.8) is 0 Å². The van der Waals surface area contributed by atoms with E-state index in [4.69, 9.17) is 4.74 Å². The van der Waals surface area contributed by atoms with E-state index in [0.29, 0.717) is 5.56 Å². The summed E-state index contributed by atoms with van der Waals surface area (Å²) in [5.74, 6) is -0.282. The van der Waals surface area contributed by atoms with Crippen LogP contribution in [0.1, 0.15) is 36.1 Å². The SMILES string of the molecule is CCCc1ccc(C(O)COCc2ccccc2F)cc1. The minimum atomic E-state index is -0.688. The maximum Gasteiger partial charge on any atom is 0.128 e. The first kappa shape index (κ1) is 15.7. The Balaban J connectivity index is 1.84. The monoisotopic (exact) mass is 288 g/mol. The van der Waals surface area contributed by atoms with Crippen LogP contribution in [-0.2, 0) is 17.8 Å². The van der Waals surface area contributed by atoms with Crippen molar-refractivity contribution in [2.24, 2.45) is 0 Å². The van der Waals surface area contributed by atoms with Gasteiger partial charge in [0.15, 0.2) is 0 Å². The second-order valence-electron chi connectivity index (χ2n) is 5.11. The molecule has 1 N–H and O–H groups in total. The van der Waals surface area contributed by atoms with Gasteiger partial charge in [-0.25, -0.2) is 4.39 Å². The maximum atomic E-state index is 13.4. The first-order chi connectivity index (χ1) is 10.2. The Bertz CT molecular complexity index is 551. The quantitative estimate of drug-likeness (QED) is 0.833. The van der Waals surface area contributed by atoms with Crippen LogP contribution >= 0.6 is 0 Å². The first-order valence-electron chi connectivity index (χ1n) is 7.28. The number of halogens is 1. The van der Waals surface area contributed by atoms with Crippen molar-refractivity contribution in [2.75, 3.05) is 6.61 Å². The minimum Gasteiger partial charge on any atom is -0.386 e. The molecule has 112 valence electrons. The summed E-state index contributed by atoms with van der Waals surface area (Å²) < 4.78 is 18.8. The molecule has 2 aromatic rings. The maximum absolute atomic E-state index is 13.4. The van der Waals surface area contributed by atoms with Crippen molar-refractivity contribution >= 4 is 0 Å². The van der Waals surface area contributed by atoms with E-state index in [2.05, 4.69) is 6.92 Å². The standard InChI is InChI=1S/C18H21FO2/c1-2-5-14-8-10-15(11-9-14)18(20)13-21-12-16-6-3-4-7-17(16)19/h3-4,6-11,18,20H,2,5,12-13H2,1H3. The van der Waals surface area contributed by atoms with Crippen molar-refractivity contribution in [2.45, 2.75) is 32.5 Å². The number of aliphatic hydroxyl groups excluding tert-OH is 1. The molecule has 0 aliphatic heterocycles. The van der Waals surface area contributed by atoms with E-state index >= 15 is 0 Å². The summed E-state index contributed by atoms with van der Waals surface area (Å²) in [6.07, 6.45) is 1.46. The zero-order valence-corrected chi connectivity index (χ0v) is 12.3. The van der Waals surface area contributed by atoms with E-state index in [1.54, 1.807) is 18.2 Å². The zero-order valence-electron chi connectivity index (χ0n) is 12.3. The Morgan fingerprint density at radius 1 is 1.10 bits per heavy atom. The van der Waals surface area contributed by atoms with Gasteiger partial charge in [0, 0.05) is 5.56 Å². The molecule has 0 saturated heterocycles. The molecule has 1 unspecified atom stereocenters. The summed E-state index contributed by atoms with van der Waals surface area (Å²) in [6, 6.07) is 14.4. The number of ether oxygens (including phenoxy) is 1. The molecule has 0 radical (unpaired) electrons. The van der Waals surface area contributed by atoms with Crippen LogP contribution in [0.5, 0.6) is 0 Å². The largest absolute Gasteiger partial charge is 0.386 e. The van der Waals surface area contributed by atoms with Crippen molar-refractivity contribution in [1.82, 2.24) is 0 Å². The fourth-order valence-corrected chi connectivity index (χ4v) is 2.19. The lowest BCUT2D eigenvalue weighted by Crippen LogP contribution is -2.08. The number of aliphatic hydroxyl groups is 1. The fourth-order valence-electron chi connectivity index (χ4n) is 2.19. The predicted molar refractivity (Wildman–Crippen MR) is 81.5 cm³/mol. The average Bonchev–Trinajstić information content (AvgIpc) is 2.50. The van der Waals surface area contributed by atoms with Gasteiger partial charge >= 0.3 is 0 Å². The van der Waals surface area contributed by atoms with E-state index in [1.165, 1.54) is 11.6 Å². The highest BCUT2D eigenvalue weighted by molar-refractivity contribution is 5.24. The fraction of sp³-hybridized carbons (Fsp3) is 0.333. The van der Waals surface area contributed by atoms with Crippen LogP contribution in [0.4, 0.5) is 4.39 Å². The van der Waals surface area contributed by atoms with Gasteiger partial charge in [-0.2, -0.15) is 0 Å². The number of hydrogen-bond donors (Lipinski definition) is 1. The van der Waals surface area contributed by atoms with E-state index in [9.17, 15) is 9.50 Å². The Labute approximate surface area is 125 Å².